The van der Waals surface area contributed by atoms with E-state index in [9.17, 15) is 4.79 Å². The third kappa shape index (κ3) is 2.82. The molecule has 0 saturated heterocycles. The first-order chi connectivity index (χ1) is 7.19. The van der Waals surface area contributed by atoms with Crippen molar-refractivity contribution in [3.63, 3.8) is 0 Å². The first-order valence-corrected chi connectivity index (χ1v) is 4.89. The topological polar surface area (TPSA) is 73.9 Å². The Balaban J connectivity index is 2.93. The van der Waals surface area contributed by atoms with Crippen LogP contribution in [0.5, 0.6) is 0 Å². The second-order valence-corrected chi connectivity index (χ2v) is 3.47. The van der Waals surface area contributed by atoms with Crippen molar-refractivity contribution in [1.29, 1.82) is 10.5 Å². The van der Waals surface area contributed by atoms with Crippen molar-refractivity contribution in [3.05, 3.63) is 11.1 Å². The van der Waals surface area contributed by atoms with Gasteiger partial charge in [-0.1, -0.05) is 0 Å². The van der Waals surface area contributed by atoms with Gasteiger partial charge in [-0.3, -0.25) is 4.79 Å². The lowest BCUT2D eigenvalue weighted by atomic mass is 9.89. The minimum absolute atomic E-state index is 0.0981. The molecule has 4 nitrogen and oxygen atoms in total. The van der Waals surface area contributed by atoms with Crippen LogP contribution >= 0.6 is 0 Å². The number of nitriles is 2. The molecule has 0 N–H and O–H groups in total. The fourth-order valence-corrected chi connectivity index (χ4v) is 1.77. The highest BCUT2D eigenvalue weighted by molar-refractivity contribution is 5.66. The van der Waals surface area contributed by atoms with Crippen LogP contribution in [-0.4, -0.2) is 12.1 Å². The molecule has 1 aliphatic rings. The van der Waals surface area contributed by atoms with Gasteiger partial charge in [0.2, 0.25) is 0 Å². The number of carbonyl (C=O) groups is 1. The van der Waals surface area contributed by atoms with Gasteiger partial charge in [0, 0.05) is 6.92 Å². The largest absolute Gasteiger partial charge is 0.458 e. The lowest BCUT2D eigenvalue weighted by molar-refractivity contribution is -0.145. The van der Waals surface area contributed by atoms with E-state index in [4.69, 9.17) is 15.3 Å². The number of nitrogens with zero attached hydrogens (tertiary/aromatic N) is 2. The molecule has 1 saturated carbocycles. The van der Waals surface area contributed by atoms with Crippen molar-refractivity contribution < 1.29 is 9.53 Å². The lowest BCUT2D eigenvalue weighted by Crippen LogP contribution is -2.23. The van der Waals surface area contributed by atoms with Crippen LogP contribution in [0.4, 0.5) is 0 Å². The Labute approximate surface area is 88.8 Å². The van der Waals surface area contributed by atoms with E-state index >= 15 is 0 Å². The molecule has 0 spiro atoms. The summed E-state index contributed by atoms with van der Waals surface area (Å²) in [7, 11) is 0. The van der Waals surface area contributed by atoms with Gasteiger partial charge >= 0.3 is 5.97 Å². The Bertz CT molecular complexity index is 355. The van der Waals surface area contributed by atoms with E-state index in [-0.39, 0.29) is 17.6 Å². The normalized spacial score (nSPS) is 19.9. The lowest BCUT2D eigenvalue weighted by Gasteiger charge is -2.24. The number of carbonyl (C=O) groups excluding carboxylic acids is 1. The average molecular weight is 204 g/mol. The second-order valence-electron chi connectivity index (χ2n) is 3.47. The minimum atomic E-state index is -0.370. The van der Waals surface area contributed by atoms with Gasteiger partial charge in [-0.25, -0.2) is 0 Å². The van der Waals surface area contributed by atoms with E-state index in [0.29, 0.717) is 18.4 Å². The minimum Gasteiger partial charge on any atom is -0.458 e. The quantitative estimate of drug-likeness (QED) is 0.482. The third-order valence-electron chi connectivity index (χ3n) is 2.40. The Morgan fingerprint density at radius 1 is 1.40 bits per heavy atom. The van der Waals surface area contributed by atoms with Crippen LogP contribution in [0.2, 0.25) is 0 Å². The molecule has 0 aromatic heterocycles. The number of hydrogen-bond donors (Lipinski definition) is 0. The molecule has 1 aliphatic carbocycles. The molecule has 0 aromatic rings. The van der Waals surface area contributed by atoms with Crippen molar-refractivity contribution >= 4 is 5.97 Å². The van der Waals surface area contributed by atoms with Gasteiger partial charge in [0.1, 0.15) is 23.8 Å². The van der Waals surface area contributed by atoms with Crippen molar-refractivity contribution in [3.8, 4) is 12.1 Å². The Kier molecular flexibility index (Phi) is 3.88. The summed E-state index contributed by atoms with van der Waals surface area (Å²) in [4.78, 5) is 10.8. The second kappa shape index (κ2) is 5.17. The molecule has 0 bridgehead atoms. The molecule has 1 atom stereocenters. The van der Waals surface area contributed by atoms with E-state index < -0.39 is 0 Å². The van der Waals surface area contributed by atoms with Crippen LogP contribution in [0.25, 0.3) is 0 Å². The van der Waals surface area contributed by atoms with Gasteiger partial charge in [-0.2, -0.15) is 10.5 Å². The zero-order chi connectivity index (χ0) is 11.3. The summed E-state index contributed by atoms with van der Waals surface area (Å²) in [5.41, 5.74) is 0.780. The summed E-state index contributed by atoms with van der Waals surface area (Å²) in [5.74, 6) is -0.366. The highest BCUT2D eigenvalue weighted by Crippen LogP contribution is 2.28. The molecule has 1 rings (SSSR count). The van der Waals surface area contributed by atoms with Gasteiger partial charge in [0.05, 0.1) is 0 Å². The summed E-state index contributed by atoms with van der Waals surface area (Å²) in [6.45, 7) is 1.34. The first kappa shape index (κ1) is 11.3. The molecule has 15 heavy (non-hydrogen) atoms. The fraction of sp³-hybridized carbons (Fsp3) is 0.545. The van der Waals surface area contributed by atoms with Crippen LogP contribution in [-0.2, 0) is 9.53 Å². The van der Waals surface area contributed by atoms with E-state index in [1.165, 1.54) is 6.92 Å². The summed E-state index contributed by atoms with van der Waals surface area (Å²) in [5, 5.41) is 17.5. The molecular formula is C11H12N2O2. The van der Waals surface area contributed by atoms with Crippen molar-refractivity contribution in [2.45, 2.75) is 38.7 Å². The number of hydrogen-bond acceptors (Lipinski definition) is 4. The third-order valence-corrected chi connectivity index (χ3v) is 2.40. The van der Waals surface area contributed by atoms with Gasteiger partial charge in [-0.15, -0.1) is 0 Å². The molecule has 78 valence electrons. The summed E-state index contributed by atoms with van der Waals surface area (Å²) >= 11 is 0. The van der Waals surface area contributed by atoms with Crippen molar-refractivity contribution in [1.82, 2.24) is 0 Å². The highest BCUT2D eigenvalue weighted by Gasteiger charge is 2.24. The molecule has 1 unspecified atom stereocenters. The van der Waals surface area contributed by atoms with E-state index in [2.05, 4.69) is 0 Å². The number of ether oxygens (including phenoxy) is 1. The van der Waals surface area contributed by atoms with E-state index in [0.717, 1.165) is 12.8 Å². The van der Waals surface area contributed by atoms with Crippen molar-refractivity contribution in [2.75, 3.05) is 0 Å². The summed E-state index contributed by atoms with van der Waals surface area (Å²) in [6.07, 6.45) is 2.92. The summed E-state index contributed by atoms with van der Waals surface area (Å²) in [6, 6.07) is 3.70. The number of esters is 1. The Hall–Kier alpha value is -1.81. The van der Waals surface area contributed by atoms with Crippen LogP contribution in [0.3, 0.4) is 0 Å². The van der Waals surface area contributed by atoms with Crippen LogP contribution < -0.4 is 0 Å². The molecule has 0 amide bonds. The van der Waals surface area contributed by atoms with Crippen LogP contribution in [0, 0.1) is 22.7 Å². The maximum atomic E-state index is 10.8. The molecule has 0 aliphatic heterocycles. The summed E-state index contributed by atoms with van der Waals surface area (Å²) < 4.78 is 5.09. The Morgan fingerprint density at radius 2 is 2.07 bits per heavy atom. The molecule has 0 heterocycles. The van der Waals surface area contributed by atoms with Gasteiger partial charge in [0.15, 0.2) is 0 Å². The molecule has 0 radical (unpaired) electrons. The highest BCUT2D eigenvalue weighted by atomic mass is 16.5. The van der Waals surface area contributed by atoms with Crippen molar-refractivity contribution in [2.24, 2.45) is 0 Å². The van der Waals surface area contributed by atoms with Gasteiger partial charge < -0.3 is 4.74 Å². The van der Waals surface area contributed by atoms with Gasteiger partial charge in [-0.05, 0) is 31.3 Å². The predicted molar refractivity (Wildman–Crippen MR) is 52.3 cm³/mol. The molecule has 4 heteroatoms. The fourth-order valence-electron chi connectivity index (χ4n) is 1.77. The average Bonchev–Trinajstić information content (AvgIpc) is 2.21. The van der Waals surface area contributed by atoms with E-state index in [1.54, 1.807) is 0 Å². The predicted octanol–water partition coefficient (Wildman–Crippen LogP) is 1.84. The standard InChI is InChI=1S/C11H12N2O2/c1-8(14)15-11-5-3-2-4-10(11)9(6-12)7-13/h11H,2-5H2,1H3. The zero-order valence-corrected chi connectivity index (χ0v) is 8.62. The van der Waals surface area contributed by atoms with Crippen LogP contribution in [0.15, 0.2) is 11.1 Å². The monoisotopic (exact) mass is 204 g/mol. The molecule has 0 aromatic carbocycles. The smallest absolute Gasteiger partial charge is 0.303 e. The zero-order valence-electron chi connectivity index (χ0n) is 8.62. The van der Waals surface area contributed by atoms with E-state index in [1.807, 2.05) is 12.1 Å². The molecule has 1 fully saturated rings. The SMILES string of the molecule is CC(=O)OC1CCCCC1=C(C#N)C#N. The van der Waals surface area contributed by atoms with Crippen LogP contribution in [0.1, 0.15) is 32.6 Å². The number of allylic oxidation sites excluding steroid dienone is 1. The Morgan fingerprint density at radius 3 is 2.60 bits per heavy atom. The first-order valence-electron chi connectivity index (χ1n) is 4.89. The number of rotatable bonds is 1. The maximum absolute atomic E-state index is 10.8. The molecular weight excluding hydrogens is 192 g/mol. The maximum Gasteiger partial charge on any atom is 0.303 e. The van der Waals surface area contributed by atoms with Gasteiger partial charge in [0.25, 0.3) is 0 Å².